The third-order valence-corrected chi connectivity index (χ3v) is 2.59. The number of amides is 2. The fourth-order valence-electron chi connectivity index (χ4n) is 1.75. The largest absolute Gasteiger partial charge is 0.480 e. The molecule has 2 fully saturated rings. The van der Waals surface area contributed by atoms with Gasteiger partial charge in [0.25, 0.3) is 11.8 Å². The van der Waals surface area contributed by atoms with Crippen LogP contribution < -0.4 is 0 Å². The summed E-state index contributed by atoms with van der Waals surface area (Å²) in [6.07, 6.45) is 1.52. The number of nitrogens with zero attached hydrogens (tertiary/aromatic N) is 1. The van der Waals surface area contributed by atoms with E-state index in [1.165, 1.54) is 0 Å². The topological polar surface area (TPSA) is 83.9 Å². The molecule has 1 N–H and O–H groups in total. The van der Waals surface area contributed by atoms with Gasteiger partial charge in [0.05, 0.1) is 0 Å². The Hall–Kier alpha value is -1.43. The van der Waals surface area contributed by atoms with E-state index in [4.69, 9.17) is 9.84 Å². The zero-order valence-corrected chi connectivity index (χ0v) is 8.01. The summed E-state index contributed by atoms with van der Waals surface area (Å²) in [6.45, 7) is -0.412. The minimum absolute atomic E-state index is 0.0755. The molecule has 0 aromatic carbocycles. The van der Waals surface area contributed by atoms with Gasteiger partial charge in [0.2, 0.25) is 0 Å². The highest BCUT2D eigenvalue weighted by atomic mass is 16.5. The van der Waals surface area contributed by atoms with Crippen LogP contribution in [-0.2, 0) is 19.1 Å². The number of rotatable bonds is 3. The Morgan fingerprint density at radius 2 is 1.87 bits per heavy atom. The number of imide groups is 1. The van der Waals surface area contributed by atoms with Crippen molar-refractivity contribution in [1.82, 2.24) is 4.90 Å². The lowest BCUT2D eigenvalue weighted by molar-refractivity contribution is -0.168. The number of carbonyl (C=O) groups is 3. The summed E-state index contributed by atoms with van der Waals surface area (Å²) >= 11 is 0. The van der Waals surface area contributed by atoms with E-state index in [2.05, 4.69) is 0 Å². The van der Waals surface area contributed by atoms with Gasteiger partial charge in [0.15, 0.2) is 0 Å². The minimum Gasteiger partial charge on any atom is -0.480 e. The fraction of sp³-hybridized carbons (Fsp3) is 0.667. The van der Waals surface area contributed by atoms with Gasteiger partial charge >= 0.3 is 5.97 Å². The van der Waals surface area contributed by atoms with Crippen LogP contribution in [0.1, 0.15) is 12.8 Å². The lowest BCUT2D eigenvalue weighted by Gasteiger charge is -2.30. The predicted octanol–water partition coefficient (Wildman–Crippen LogP) is -0.765. The van der Waals surface area contributed by atoms with E-state index in [9.17, 15) is 14.4 Å². The number of carbonyl (C=O) groups excluding carboxylic acids is 2. The molecular formula is C9H11NO5. The Kier molecular flexibility index (Phi) is 2.44. The van der Waals surface area contributed by atoms with Crippen LogP contribution in [-0.4, -0.2) is 47.0 Å². The Balaban J connectivity index is 2.20. The van der Waals surface area contributed by atoms with Crippen LogP contribution in [0.25, 0.3) is 0 Å². The summed E-state index contributed by atoms with van der Waals surface area (Å²) in [4.78, 5) is 34.6. The van der Waals surface area contributed by atoms with Gasteiger partial charge in [0.1, 0.15) is 19.3 Å². The molecule has 15 heavy (non-hydrogen) atoms. The van der Waals surface area contributed by atoms with Crippen LogP contribution in [0.5, 0.6) is 0 Å². The second-order valence-electron chi connectivity index (χ2n) is 3.77. The lowest BCUT2D eigenvalue weighted by Crippen LogP contribution is -2.55. The van der Waals surface area contributed by atoms with E-state index in [1.54, 1.807) is 0 Å². The van der Waals surface area contributed by atoms with Crippen LogP contribution in [0.4, 0.5) is 0 Å². The lowest BCUT2D eigenvalue weighted by atomic mass is 10.1. The molecular weight excluding hydrogens is 202 g/mol. The van der Waals surface area contributed by atoms with Crippen LogP contribution in [0.2, 0.25) is 0 Å². The average molecular weight is 213 g/mol. The van der Waals surface area contributed by atoms with Crippen LogP contribution in [0.15, 0.2) is 0 Å². The highest BCUT2D eigenvalue weighted by Gasteiger charge is 2.46. The summed E-state index contributed by atoms with van der Waals surface area (Å²) in [6, 6.07) is -0.992. The molecule has 6 nitrogen and oxygen atoms in total. The molecule has 0 spiro atoms. The number of carboxylic acid groups (broad SMARTS) is 1. The molecule has 0 bridgehead atoms. The van der Waals surface area contributed by atoms with Gasteiger partial charge in [0, 0.05) is 0 Å². The number of ether oxygens (including phenoxy) is 1. The predicted molar refractivity (Wildman–Crippen MR) is 46.8 cm³/mol. The molecule has 1 atom stereocenters. The van der Waals surface area contributed by atoms with Crippen molar-refractivity contribution >= 4 is 17.8 Å². The van der Waals surface area contributed by atoms with E-state index in [1.807, 2.05) is 0 Å². The SMILES string of the molecule is O=C(O)C(C1CC1)N1C(=O)COCC1=O. The number of hydrogen-bond donors (Lipinski definition) is 1. The third-order valence-electron chi connectivity index (χ3n) is 2.59. The van der Waals surface area contributed by atoms with Crippen LogP contribution in [0.3, 0.4) is 0 Å². The second kappa shape index (κ2) is 3.62. The molecule has 0 radical (unpaired) electrons. The molecule has 1 aliphatic heterocycles. The summed E-state index contributed by atoms with van der Waals surface area (Å²) in [5, 5.41) is 8.98. The average Bonchev–Trinajstić information content (AvgIpc) is 2.94. The first-order valence-corrected chi connectivity index (χ1v) is 4.76. The standard InChI is InChI=1S/C9H11NO5/c11-6-3-15-4-7(12)10(6)8(9(13)14)5-1-2-5/h5,8H,1-4H2,(H,13,14). The van der Waals surface area contributed by atoms with Crippen LogP contribution >= 0.6 is 0 Å². The van der Waals surface area contributed by atoms with E-state index in [0.29, 0.717) is 0 Å². The summed E-state index contributed by atoms with van der Waals surface area (Å²) in [7, 11) is 0. The molecule has 1 saturated heterocycles. The van der Waals surface area contributed by atoms with Crippen molar-refractivity contribution in [3.8, 4) is 0 Å². The molecule has 1 heterocycles. The van der Waals surface area contributed by atoms with E-state index in [-0.39, 0.29) is 19.1 Å². The van der Waals surface area contributed by atoms with Crippen molar-refractivity contribution in [2.75, 3.05) is 13.2 Å². The molecule has 2 rings (SSSR count). The molecule has 2 amide bonds. The van der Waals surface area contributed by atoms with Gasteiger partial charge in [-0.3, -0.25) is 14.5 Å². The van der Waals surface area contributed by atoms with Crippen molar-refractivity contribution < 1.29 is 24.2 Å². The summed E-state index contributed by atoms with van der Waals surface area (Å²) < 4.78 is 4.72. The number of aliphatic carboxylic acids is 1. The molecule has 6 heteroatoms. The zero-order valence-electron chi connectivity index (χ0n) is 8.01. The zero-order chi connectivity index (χ0) is 11.0. The van der Waals surface area contributed by atoms with Crippen molar-refractivity contribution in [2.24, 2.45) is 5.92 Å². The Morgan fingerprint density at radius 3 is 2.27 bits per heavy atom. The quantitative estimate of drug-likeness (QED) is 0.622. The van der Waals surface area contributed by atoms with Gasteiger partial charge in [-0.2, -0.15) is 0 Å². The highest BCUT2D eigenvalue weighted by molar-refractivity contribution is 6.01. The van der Waals surface area contributed by atoms with E-state index in [0.717, 1.165) is 17.7 Å². The summed E-state index contributed by atoms with van der Waals surface area (Å²) in [5.74, 6) is -2.29. The highest BCUT2D eigenvalue weighted by Crippen LogP contribution is 2.36. The van der Waals surface area contributed by atoms with Crippen molar-refractivity contribution in [2.45, 2.75) is 18.9 Å². The smallest absolute Gasteiger partial charge is 0.327 e. The van der Waals surface area contributed by atoms with Gasteiger partial charge in [-0.25, -0.2) is 4.79 Å². The van der Waals surface area contributed by atoms with E-state index >= 15 is 0 Å². The monoisotopic (exact) mass is 213 g/mol. The summed E-state index contributed by atoms with van der Waals surface area (Å²) in [5.41, 5.74) is 0. The normalized spacial score (nSPS) is 24.1. The van der Waals surface area contributed by atoms with Gasteiger partial charge in [-0.05, 0) is 18.8 Å². The molecule has 1 aliphatic carbocycles. The molecule has 2 aliphatic rings. The molecule has 1 saturated carbocycles. The fourth-order valence-corrected chi connectivity index (χ4v) is 1.75. The number of hydrogen-bond acceptors (Lipinski definition) is 4. The number of carboxylic acids is 1. The molecule has 82 valence electrons. The van der Waals surface area contributed by atoms with Gasteiger partial charge in [-0.1, -0.05) is 0 Å². The third kappa shape index (κ3) is 1.85. The maximum Gasteiger partial charge on any atom is 0.327 e. The van der Waals surface area contributed by atoms with Crippen molar-refractivity contribution in [3.05, 3.63) is 0 Å². The first kappa shape index (κ1) is 10.1. The van der Waals surface area contributed by atoms with Crippen LogP contribution in [0, 0.1) is 5.92 Å². The van der Waals surface area contributed by atoms with Crippen molar-refractivity contribution in [1.29, 1.82) is 0 Å². The molecule has 0 aromatic heterocycles. The van der Waals surface area contributed by atoms with Crippen molar-refractivity contribution in [3.63, 3.8) is 0 Å². The Labute approximate surface area is 85.8 Å². The van der Waals surface area contributed by atoms with E-state index < -0.39 is 23.8 Å². The second-order valence-corrected chi connectivity index (χ2v) is 3.77. The number of morpholine rings is 1. The Morgan fingerprint density at radius 1 is 1.33 bits per heavy atom. The maximum absolute atomic E-state index is 11.4. The Bertz CT molecular complexity index is 306. The first-order valence-electron chi connectivity index (χ1n) is 4.76. The first-order chi connectivity index (χ1) is 7.11. The van der Waals surface area contributed by atoms with Gasteiger partial charge in [-0.15, -0.1) is 0 Å². The maximum atomic E-state index is 11.4. The van der Waals surface area contributed by atoms with Gasteiger partial charge < -0.3 is 9.84 Å². The molecule has 1 unspecified atom stereocenters. The molecule has 0 aromatic rings. The minimum atomic E-state index is -1.11.